The molecule has 0 heterocycles. The van der Waals surface area contributed by atoms with Gasteiger partial charge in [0, 0.05) is 5.39 Å². The molecule has 30 heavy (non-hydrogen) atoms. The fraction of sp³-hybridized carbons (Fsp3) is 0.190. The summed E-state index contributed by atoms with van der Waals surface area (Å²) in [7, 11) is -9.07. The van der Waals surface area contributed by atoms with E-state index >= 15 is 0 Å². The molecule has 0 bridgehead atoms. The first-order chi connectivity index (χ1) is 14.2. The van der Waals surface area contributed by atoms with E-state index in [1.165, 1.54) is 30.3 Å². The highest BCUT2D eigenvalue weighted by molar-refractivity contribution is 8.06. The molecule has 0 aromatic heterocycles. The van der Waals surface area contributed by atoms with Gasteiger partial charge in [-0.15, -0.1) is 4.79 Å². The lowest BCUT2D eigenvalue weighted by Gasteiger charge is -2.11. The molecule has 0 fully saturated rings. The van der Waals surface area contributed by atoms with Crippen LogP contribution >= 0.6 is 0 Å². The third-order valence-corrected chi connectivity index (χ3v) is 8.51. The van der Waals surface area contributed by atoms with Gasteiger partial charge in [-0.1, -0.05) is 56.3 Å². The van der Waals surface area contributed by atoms with Crippen molar-refractivity contribution in [1.82, 2.24) is 0 Å². The molecule has 0 spiro atoms. The predicted octanol–water partition coefficient (Wildman–Crippen LogP) is 3.83. The Kier molecular flexibility index (Phi) is 4.77. The highest BCUT2D eigenvalue weighted by atomic mass is 32.2. The Balaban J connectivity index is 1.83. The Bertz CT molecular complexity index is 1410. The van der Waals surface area contributed by atoms with E-state index in [1.807, 2.05) is 6.07 Å². The van der Waals surface area contributed by atoms with E-state index in [4.69, 9.17) is 4.18 Å². The smallest absolute Gasteiger partial charge is 0.356 e. The van der Waals surface area contributed by atoms with E-state index in [-0.39, 0.29) is 21.6 Å². The summed E-state index contributed by atoms with van der Waals surface area (Å²) in [5.41, 5.74) is 11.3. The first-order valence-electron chi connectivity index (χ1n) is 9.20. The molecule has 0 amide bonds. The van der Waals surface area contributed by atoms with Gasteiger partial charge in [-0.3, -0.25) is 4.18 Å². The zero-order chi connectivity index (χ0) is 21.7. The van der Waals surface area contributed by atoms with Crippen LogP contribution in [0.25, 0.3) is 16.3 Å². The SMILES string of the molecule is CC1c2cccc3c(S(=O)(=O)OC(=[N+]=[N-])S(=O)(=O)c4ccccc4)ccc(c23)C1C. The van der Waals surface area contributed by atoms with Crippen molar-refractivity contribution in [3.05, 3.63) is 77.3 Å². The maximum atomic E-state index is 13.0. The lowest BCUT2D eigenvalue weighted by Crippen LogP contribution is -2.23. The molecule has 0 aliphatic heterocycles. The van der Waals surface area contributed by atoms with Gasteiger partial charge in [0.25, 0.3) is 0 Å². The topological polar surface area (TPSA) is 114 Å². The van der Waals surface area contributed by atoms with Gasteiger partial charge in [0.05, 0.1) is 4.90 Å². The van der Waals surface area contributed by atoms with Crippen molar-refractivity contribution in [3.8, 4) is 0 Å². The lowest BCUT2D eigenvalue weighted by molar-refractivity contribution is -0.0196. The Morgan fingerprint density at radius 1 is 0.867 bits per heavy atom. The fourth-order valence-corrected chi connectivity index (χ4v) is 6.34. The quantitative estimate of drug-likeness (QED) is 0.201. The summed E-state index contributed by atoms with van der Waals surface area (Å²) in [6, 6.07) is 15.5. The van der Waals surface area contributed by atoms with Crippen LogP contribution in [0.1, 0.15) is 36.8 Å². The van der Waals surface area contributed by atoms with Gasteiger partial charge >= 0.3 is 25.2 Å². The maximum absolute atomic E-state index is 13.0. The Labute approximate surface area is 174 Å². The summed E-state index contributed by atoms with van der Waals surface area (Å²) in [6.07, 6.45) is 0. The predicted molar refractivity (Wildman–Crippen MR) is 111 cm³/mol. The Morgan fingerprint density at radius 2 is 1.50 bits per heavy atom. The van der Waals surface area contributed by atoms with E-state index < -0.39 is 25.2 Å². The Hall–Kier alpha value is -3.00. The van der Waals surface area contributed by atoms with Crippen LogP contribution in [0, 0.1) is 0 Å². The minimum Gasteiger partial charge on any atom is -0.356 e. The molecule has 0 saturated heterocycles. The molecule has 3 aromatic carbocycles. The second-order valence-corrected chi connectivity index (χ2v) is 10.6. The van der Waals surface area contributed by atoms with E-state index in [1.54, 1.807) is 24.3 Å². The van der Waals surface area contributed by atoms with Crippen LogP contribution in [0.5, 0.6) is 0 Å². The molecule has 3 aromatic rings. The standard InChI is InChI=1S/C21H18N2O5S2/c1-13-14(2)17-11-12-19(18-10-6-9-16(13)20(17)18)30(26,27)28-21(23-22)29(24,25)15-7-4-3-5-8-15/h3-14H,1-2H3. The molecule has 1 aliphatic rings. The average Bonchev–Trinajstić information content (AvgIpc) is 2.99. The summed E-state index contributed by atoms with van der Waals surface area (Å²) < 4.78 is 56.2. The Morgan fingerprint density at radius 3 is 2.13 bits per heavy atom. The summed E-state index contributed by atoms with van der Waals surface area (Å²) in [5.74, 6) is 0.436. The number of rotatable bonds is 3. The third kappa shape index (κ3) is 3.02. The summed E-state index contributed by atoms with van der Waals surface area (Å²) in [5, 5.41) is -0.0372. The van der Waals surface area contributed by atoms with Gasteiger partial charge in [-0.25, -0.2) is 8.42 Å². The molecular weight excluding hydrogens is 424 g/mol. The van der Waals surface area contributed by atoms with Crippen LogP contribution in [0.15, 0.2) is 70.5 Å². The monoisotopic (exact) mass is 442 g/mol. The van der Waals surface area contributed by atoms with Gasteiger partial charge in [0.2, 0.25) is 0 Å². The molecule has 0 radical (unpaired) electrons. The number of hydrogen-bond donors (Lipinski definition) is 0. The van der Waals surface area contributed by atoms with Crippen molar-refractivity contribution in [2.75, 3.05) is 0 Å². The number of benzene rings is 3. The van der Waals surface area contributed by atoms with E-state index in [9.17, 15) is 22.4 Å². The maximum Gasteiger partial charge on any atom is 0.590 e. The molecule has 4 rings (SSSR count). The minimum atomic E-state index is -4.60. The van der Waals surface area contributed by atoms with Gasteiger partial charge < -0.3 is 5.53 Å². The number of sulfone groups is 1. The molecule has 0 saturated carbocycles. The largest absolute Gasteiger partial charge is 0.590 e. The second-order valence-electron chi connectivity index (χ2n) is 7.22. The summed E-state index contributed by atoms with van der Waals surface area (Å²) >= 11 is 0. The van der Waals surface area contributed by atoms with Crippen LogP contribution in [0.2, 0.25) is 0 Å². The van der Waals surface area contributed by atoms with Crippen molar-refractivity contribution < 1.29 is 25.8 Å². The highest BCUT2D eigenvalue weighted by Crippen LogP contribution is 2.47. The molecule has 2 unspecified atom stereocenters. The lowest BCUT2D eigenvalue weighted by atomic mass is 9.94. The van der Waals surface area contributed by atoms with Gasteiger partial charge in [0.1, 0.15) is 4.90 Å². The normalized spacial score (nSPS) is 18.2. The molecular formula is C21H18N2O5S2. The first kappa shape index (κ1) is 20.3. The van der Waals surface area contributed by atoms with Crippen LogP contribution in [-0.4, -0.2) is 26.9 Å². The molecule has 2 atom stereocenters. The zero-order valence-electron chi connectivity index (χ0n) is 16.2. The highest BCUT2D eigenvalue weighted by Gasteiger charge is 2.39. The van der Waals surface area contributed by atoms with E-state index in [2.05, 4.69) is 18.6 Å². The van der Waals surface area contributed by atoms with Crippen molar-refractivity contribution in [1.29, 1.82) is 0 Å². The molecule has 7 nitrogen and oxygen atoms in total. The van der Waals surface area contributed by atoms with Crippen LogP contribution in [0.3, 0.4) is 0 Å². The molecule has 154 valence electrons. The number of nitrogens with zero attached hydrogens (tertiary/aromatic N) is 2. The summed E-state index contributed by atoms with van der Waals surface area (Å²) in [4.78, 5) is 2.19. The van der Waals surface area contributed by atoms with Crippen molar-refractivity contribution in [2.24, 2.45) is 0 Å². The van der Waals surface area contributed by atoms with Gasteiger partial charge in [-0.05, 0) is 46.5 Å². The second kappa shape index (κ2) is 7.05. The van der Waals surface area contributed by atoms with E-state index in [0.717, 1.165) is 16.5 Å². The van der Waals surface area contributed by atoms with Crippen LogP contribution in [0.4, 0.5) is 0 Å². The van der Waals surface area contributed by atoms with Crippen LogP contribution < -0.4 is 0 Å². The van der Waals surface area contributed by atoms with Crippen LogP contribution in [-0.2, 0) is 24.1 Å². The molecule has 9 heteroatoms. The third-order valence-electron chi connectivity index (χ3n) is 5.61. The minimum absolute atomic E-state index is 0.186. The first-order valence-corrected chi connectivity index (χ1v) is 12.1. The van der Waals surface area contributed by atoms with Crippen molar-refractivity contribution in [2.45, 2.75) is 35.5 Å². The van der Waals surface area contributed by atoms with Gasteiger partial charge in [-0.2, -0.15) is 8.42 Å². The van der Waals surface area contributed by atoms with Crippen molar-refractivity contribution in [3.63, 3.8) is 0 Å². The molecule has 1 aliphatic carbocycles. The molecule has 0 N–H and O–H groups in total. The van der Waals surface area contributed by atoms with Crippen molar-refractivity contribution >= 4 is 36.0 Å². The zero-order valence-corrected chi connectivity index (χ0v) is 17.8. The number of hydrogen-bond acceptors (Lipinski definition) is 5. The fourth-order valence-electron chi connectivity index (χ4n) is 3.91. The average molecular weight is 443 g/mol. The van der Waals surface area contributed by atoms with E-state index in [0.29, 0.717) is 5.39 Å². The van der Waals surface area contributed by atoms with Gasteiger partial charge in [0.15, 0.2) is 0 Å². The summed E-state index contributed by atoms with van der Waals surface area (Å²) in [6.45, 7) is 4.15.